The molecule has 8 aromatic rings. The largest absolute Gasteiger partial charge is 1.00 e. The smallest absolute Gasteiger partial charge is 0.870 e. The van der Waals surface area contributed by atoms with Crippen LogP contribution >= 0.6 is 101 Å². The van der Waals surface area contributed by atoms with Gasteiger partial charge in [-0.3, -0.25) is 0 Å². The van der Waals surface area contributed by atoms with E-state index in [-0.39, 0.29) is 348 Å². The van der Waals surface area contributed by atoms with E-state index in [0.29, 0.717) is 106 Å². The Morgan fingerprint density at radius 2 is 0.412 bits per heavy atom. The minimum atomic E-state index is -2.37. The van der Waals surface area contributed by atoms with Gasteiger partial charge in [-0.05, 0) is 88.8 Å². The van der Waals surface area contributed by atoms with E-state index in [4.69, 9.17) is 112 Å². The predicted octanol–water partition coefficient (Wildman–Crippen LogP) is -14.7. The summed E-state index contributed by atoms with van der Waals surface area (Å²) in [5, 5.41) is 33.4. The Bertz CT molecular complexity index is 3870. The van der Waals surface area contributed by atoms with Gasteiger partial charge in [0.05, 0.1) is 57.1 Å². The molecule has 0 aromatic heterocycles. The Kier molecular flexibility index (Phi) is 91.5. The van der Waals surface area contributed by atoms with Crippen LogP contribution in [0.15, 0.2) is 103 Å². The van der Waals surface area contributed by atoms with Gasteiger partial charge in [0.25, 0.3) is 0 Å². The first-order chi connectivity index (χ1) is 48.6. The zero-order chi connectivity index (χ0) is 79.0. The van der Waals surface area contributed by atoms with Crippen molar-refractivity contribution in [1.82, 2.24) is 16.0 Å². The second-order valence-corrected chi connectivity index (χ2v) is 27.3. The van der Waals surface area contributed by atoms with Crippen LogP contribution in [0, 0.1) is 102 Å². The zero-order valence-electron chi connectivity index (χ0n) is 65.2. The molecule has 0 saturated heterocycles. The van der Waals surface area contributed by atoms with Gasteiger partial charge in [0.1, 0.15) is 17.1 Å². The van der Waals surface area contributed by atoms with E-state index in [1.54, 1.807) is 31.3 Å². The van der Waals surface area contributed by atoms with Gasteiger partial charge < -0.3 is 201 Å². The Hall–Kier alpha value is 5.29. The van der Waals surface area contributed by atoms with Gasteiger partial charge in [-0.15, -0.1) is 101 Å². The van der Waals surface area contributed by atoms with E-state index in [0.717, 1.165) is 56.3 Å². The van der Waals surface area contributed by atoms with Gasteiger partial charge in [0.15, 0.2) is 46.5 Å². The van der Waals surface area contributed by atoms with Gasteiger partial charge >= 0.3 is 296 Å². The number of hydrogen-bond donors (Lipinski definition) is 22. The number of nitrogens with two attached hydrogens (primary N) is 2. The van der Waals surface area contributed by atoms with Gasteiger partial charge in [-0.2, -0.15) is 39.2 Å². The molecule has 0 unspecified atom stereocenters. The van der Waals surface area contributed by atoms with Crippen LogP contribution < -0.4 is 371 Å². The summed E-state index contributed by atoms with van der Waals surface area (Å²) in [5.74, 6) is -28.2. The number of halogens is 14. The molecule has 0 aliphatic heterocycles. The molecule has 19 N–H and O–H groups in total. The van der Waals surface area contributed by atoms with Gasteiger partial charge in [-0.1, -0.05) is 20.4 Å². The molecule has 0 saturated carbocycles. The van der Waals surface area contributed by atoms with Crippen molar-refractivity contribution in [3.8, 4) is 0 Å². The molecule has 8 aromatic carbocycles. The van der Waals surface area contributed by atoms with Crippen LogP contribution in [0.3, 0.4) is 0 Å². The average Bonchev–Trinajstić information content (AvgIpc) is 0.884. The number of anilines is 11. The summed E-state index contributed by atoms with van der Waals surface area (Å²) in [4.78, 5) is 9.41. The third-order valence-electron chi connectivity index (χ3n) is 13.7. The number of nitrogen functional groups attached to an aromatic ring is 2. The Balaban J connectivity index is -0.000000122. The molecular formula is C62H70F14N14Na10O2S17. The molecule has 0 aliphatic rings. The number of nitrogens with one attached hydrogen (secondary N) is 12. The van der Waals surface area contributed by atoms with E-state index in [2.05, 4.69) is 154 Å². The maximum absolute atomic E-state index is 14.0. The van der Waals surface area contributed by atoms with Crippen molar-refractivity contribution in [3.05, 3.63) is 122 Å². The van der Waals surface area contributed by atoms with Crippen molar-refractivity contribution < 1.29 is 368 Å². The number of rotatable bonds is 21. The molecule has 16 nitrogen and oxygen atoms in total. The Labute approximate surface area is 1000 Å². The van der Waals surface area contributed by atoms with Crippen molar-refractivity contribution in [2.24, 2.45) is 0 Å². The summed E-state index contributed by atoms with van der Waals surface area (Å²) in [6, 6.07) is 7.09. The van der Waals surface area contributed by atoms with Crippen molar-refractivity contribution in [1.29, 1.82) is 0 Å². The standard InChI is InChI=1S/C16H14F8N4.2C16H22N4S8.C6F6.C6H8N2.2CH4.10Na.2H2O.H2S/c1-5-6(17)8(19)14(9(20)7(5)18)27-4-28-16-12(23)10(21)15(26-3-25-2)11(22)13(16)24;2*1-5-9(21)11(23)6(12(24)10(5)22)19-4-20-8-15(27)13(25)7(18-3-17-2)14(26)16(8)28;7-1-2(8)4(10)6(12)5(11)3(1)9;7-5-1-2-6(8)4-3-5;;;;;;;;;;;;;;;/h25-28H,3-4H2,1-2H3;2*17-28H,3-4H2,1-2H3;;1-4H,7-8H2;2*1H4;;;;;;;;;;;3*1H2/q;;;;;;;10*+1;;;/p-10. The molecule has 0 radical (unpaired) electrons. The molecule has 0 atom stereocenters. The molecule has 0 amide bonds. The minimum absolute atomic E-state index is 0. The quantitative estimate of drug-likeness (QED) is 0.00466. The summed E-state index contributed by atoms with van der Waals surface area (Å²) in [5.41, 5.74) is 13.3. The maximum Gasteiger partial charge on any atom is 1.00 e. The number of benzene rings is 8. The Morgan fingerprint density at radius 1 is 0.252 bits per heavy atom. The van der Waals surface area contributed by atoms with Crippen LogP contribution in [0.1, 0.15) is 31.5 Å². The summed E-state index contributed by atoms with van der Waals surface area (Å²) in [6.45, 7) is 5.11. The van der Waals surface area contributed by atoms with Crippen molar-refractivity contribution in [3.63, 3.8) is 0 Å². The average molecular weight is 2080 g/mol. The van der Waals surface area contributed by atoms with E-state index in [1.807, 2.05) is 31.5 Å². The van der Waals surface area contributed by atoms with Gasteiger partial charge in [-0.25, -0.2) is 61.5 Å². The second-order valence-electron chi connectivity index (χ2n) is 20.4. The molecule has 119 heavy (non-hydrogen) atoms. The van der Waals surface area contributed by atoms with E-state index in [1.165, 1.54) is 7.05 Å². The first-order valence-corrected chi connectivity index (χ1v) is 35.3. The van der Waals surface area contributed by atoms with E-state index >= 15 is 0 Å². The minimum Gasteiger partial charge on any atom is -0.870 e. The number of thiol groups is 9. The fourth-order valence-electron chi connectivity index (χ4n) is 8.04. The zero-order valence-corrected chi connectivity index (χ0v) is 99.8. The van der Waals surface area contributed by atoms with Crippen LogP contribution in [0.2, 0.25) is 0 Å². The SMILES string of the molecule is C.C.CNCNc1c(F)c(F)c(NCNc2c(F)c(F)c(C)c(F)c2F)c(F)c1F.CNCNc1c(S)c(S)c(NCNc2c(S)c(S)c(C)c(S)c2S)c(S)c1S.CNCNc1c([S-])c([S-])c(NCNc2c([S-])c([S-])c(C)c([S-])c2[S-])c([S-])c1[S-].Fc1c(F)c(F)c(F)c(F)c1F.Nc1ccc(N)cc1.O.[Na+].[Na+].[Na+].[Na+].[Na+].[Na+].[Na+].[Na+].[Na+].[Na+].[OH-].[SH-]. The summed E-state index contributed by atoms with van der Waals surface area (Å²) in [7, 11) is 5.06. The van der Waals surface area contributed by atoms with Crippen molar-refractivity contribution in [2.75, 3.05) is 120 Å². The summed E-state index contributed by atoms with van der Waals surface area (Å²) in [6.07, 6.45) is 0. The predicted molar refractivity (Wildman–Crippen MR) is 454 cm³/mol. The van der Waals surface area contributed by atoms with Crippen LogP contribution in [0.4, 0.5) is 124 Å². The van der Waals surface area contributed by atoms with Crippen LogP contribution in [-0.2, 0) is 115 Å². The molecular weight excluding hydrogens is 2010 g/mol. The maximum atomic E-state index is 14.0. The summed E-state index contributed by atoms with van der Waals surface area (Å²) >= 11 is 79.9. The third kappa shape index (κ3) is 39.9. The number of hydrogen-bond acceptors (Lipinski definition) is 32. The van der Waals surface area contributed by atoms with E-state index < -0.39 is 111 Å². The topological polar surface area (TPSA) is 258 Å². The molecule has 57 heteroatoms. The van der Waals surface area contributed by atoms with Crippen molar-refractivity contribution >= 4 is 278 Å². The normalized spacial score (nSPS) is 9.31. The molecule has 0 fully saturated rings. The fraction of sp³-hybridized carbons (Fsp3) is 0.226. The first kappa shape index (κ1) is 150. The van der Waals surface area contributed by atoms with Crippen LogP contribution in [0.25, 0.3) is 0 Å². The summed E-state index contributed by atoms with van der Waals surface area (Å²) < 4.78 is 182. The third-order valence-corrected chi connectivity index (χ3v) is 22.1. The Morgan fingerprint density at radius 3 is 0.630 bits per heavy atom. The van der Waals surface area contributed by atoms with Crippen LogP contribution in [-0.4, -0.2) is 72.1 Å². The second kappa shape index (κ2) is 72.7. The van der Waals surface area contributed by atoms with Gasteiger partial charge in [0.2, 0.25) is 34.9 Å². The molecule has 0 aliphatic carbocycles. The molecule has 0 spiro atoms. The van der Waals surface area contributed by atoms with Crippen molar-refractivity contribution in [2.45, 2.75) is 114 Å². The molecule has 8 rings (SSSR count). The van der Waals surface area contributed by atoms with Gasteiger partial charge in [0, 0.05) is 56.1 Å². The first-order valence-electron chi connectivity index (χ1n) is 28.5. The van der Waals surface area contributed by atoms with Crippen LogP contribution in [0.5, 0.6) is 0 Å². The molecule has 0 heterocycles. The monoisotopic (exact) mass is 2080 g/mol. The van der Waals surface area contributed by atoms with E-state index in [9.17, 15) is 61.5 Å². The fourth-order valence-corrected chi connectivity index (χ4v) is 13.2. The molecule has 0 bridgehead atoms. The molecule has 610 valence electrons.